The van der Waals surface area contributed by atoms with Crippen molar-refractivity contribution in [3.8, 4) is 17.2 Å². The summed E-state index contributed by atoms with van der Waals surface area (Å²) < 4.78 is 15.5. The van der Waals surface area contributed by atoms with E-state index in [-0.39, 0.29) is 0 Å². The SMILES string of the molecule is COc1cc([SiH3])c(OC)c(OC)c1N. The molecule has 1 aromatic carbocycles. The van der Waals surface area contributed by atoms with Crippen LogP contribution in [0.2, 0.25) is 0 Å². The quantitative estimate of drug-likeness (QED) is 0.532. The minimum absolute atomic E-state index is 0.478. The Morgan fingerprint density at radius 3 is 2.07 bits per heavy atom. The molecule has 78 valence electrons. The fourth-order valence-electron chi connectivity index (χ4n) is 1.38. The van der Waals surface area contributed by atoms with Crippen LogP contribution in [0.15, 0.2) is 6.07 Å². The van der Waals surface area contributed by atoms with E-state index < -0.39 is 0 Å². The van der Waals surface area contributed by atoms with Crippen LogP contribution in [0.4, 0.5) is 5.69 Å². The highest BCUT2D eigenvalue weighted by atomic mass is 28.1. The van der Waals surface area contributed by atoms with Gasteiger partial charge < -0.3 is 19.9 Å². The van der Waals surface area contributed by atoms with Crippen molar-refractivity contribution < 1.29 is 14.2 Å². The predicted octanol–water partition coefficient (Wildman–Crippen LogP) is -0.715. The van der Waals surface area contributed by atoms with Crippen LogP contribution in [0, 0.1) is 0 Å². The molecule has 0 aromatic heterocycles. The first-order valence-electron chi connectivity index (χ1n) is 4.20. The van der Waals surface area contributed by atoms with E-state index in [1.54, 1.807) is 21.3 Å². The van der Waals surface area contributed by atoms with Gasteiger partial charge in [0.15, 0.2) is 11.5 Å². The first kappa shape index (κ1) is 10.7. The normalized spacial score (nSPS) is 9.93. The predicted molar refractivity (Wildman–Crippen MR) is 60.1 cm³/mol. The largest absolute Gasteiger partial charge is 0.494 e. The van der Waals surface area contributed by atoms with Gasteiger partial charge in [-0.25, -0.2) is 0 Å². The van der Waals surface area contributed by atoms with E-state index in [0.717, 1.165) is 15.4 Å². The van der Waals surface area contributed by atoms with E-state index in [0.29, 0.717) is 22.9 Å². The summed E-state index contributed by atoms with van der Waals surface area (Å²) in [7, 11) is 5.60. The molecule has 0 radical (unpaired) electrons. The summed E-state index contributed by atoms with van der Waals surface area (Å²) in [6.07, 6.45) is 0. The van der Waals surface area contributed by atoms with Crippen LogP contribution in [0.1, 0.15) is 0 Å². The standard InChI is InChI=1S/C9H15NO3Si/c1-11-5-4-6(14)8(12-2)9(13-3)7(5)10/h4H,10H2,1-3,14H3. The van der Waals surface area contributed by atoms with E-state index in [2.05, 4.69) is 0 Å². The number of nitrogens with two attached hydrogens (primary N) is 1. The Balaban J connectivity index is 3.40. The van der Waals surface area contributed by atoms with Crippen LogP contribution in [-0.4, -0.2) is 31.6 Å². The van der Waals surface area contributed by atoms with E-state index in [1.165, 1.54) is 0 Å². The van der Waals surface area contributed by atoms with Gasteiger partial charge in [-0.1, -0.05) is 0 Å². The zero-order chi connectivity index (χ0) is 10.7. The minimum Gasteiger partial charge on any atom is -0.494 e. The number of ether oxygens (including phenoxy) is 3. The van der Waals surface area contributed by atoms with Crippen LogP contribution in [0.3, 0.4) is 0 Å². The number of benzene rings is 1. The summed E-state index contributed by atoms with van der Waals surface area (Å²) in [6.45, 7) is 0. The zero-order valence-electron chi connectivity index (χ0n) is 8.88. The monoisotopic (exact) mass is 213 g/mol. The lowest BCUT2D eigenvalue weighted by Crippen LogP contribution is -2.11. The molecular formula is C9H15NO3Si. The van der Waals surface area contributed by atoms with E-state index >= 15 is 0 Å². The Bertz CT molecular complexity index is 341. The first-order chi connectivity index (χ1) is 6.65. The van der Waals surface area contributed by atoms with Gasteiger partial charge >= 0.3 is 0 Å². The smallest absolute Gasteiger partial charge is 0.187 e. The third kappa shape index (κ3) is 1.63. The van der Waals surface area contributed by atoms with Crippen molar-refractivity contribution in [1.29, 1.82) is 0 Å². The molecule has 0 heterocycles. The molecule has 4 nitrogen and oxygen atoms in total. The fraction of sp³-hybridized carbons (Fsp3) is 0.333. The number of nitrogen functional groups attached to an aromatic ring is 1. The van der Waals surface area contributed by atoms with Crippen molar-refractivity contribution in [3.63, 3.8) is 0 Å². The molecule has 0 aliphatic heterocycles. The summed E-state index contributed by atoms with van der Waals surface area (Å²) in [4.78, 5) is 0. The van der Waals surface area contributed by atoms with Crippen LogP contribution in [0.25, 0.3) is 0 Å². The number of hydrogen-bond acceptors (Lipinski definition) is 4. The van der Waals surface area contributed by atoms with Gasteiger partial charge in [0.2, 0.25) is 0 Å². The number of anilines is 1. The summed E-state index contributed by atoms with van der Waals surface area (Å²) in [5, 5.41) is 1.07. The summed E-state index contributed by atoms with van der Waals surface area (Å²) in [5.74, 6) is 1.89. The molecule has 0 aliphatic carbocycles. The highest BCUT2D eigenvalue weighted by molar-refractivity contribution is 6.35. The molecule has 0 aliphatic rings. The first-order valence-corrected chi connectivity index (χ1v) is 5.20. The van der Waals surface area contributed by atoms with Gasteiger partial charge in [0.25, 0.3) is 0 Å². The van der Waals surface area contributed by atoms with Crippen molar-refractivity contribution in [2.75, 3.05) is 27.1 Å². The second-order valence-electron chi connectivity index (χ2n) is 2.88. The highest BCUT2D eigenvalue weighted by Gasteiger charge is 2.15. The Kier molecular flexibility index (Phi) is 3.24. The zero-order valence-corrected chi connectivity index (χ0v) is 10.9. The van der Waals surface area contributed by atoms with Crippen molar-refractivity contribution in [2.24, 2.45) is 0 Å². The van der Waals surface area contributed by atoms with Gasteiger partial charge in [0.1, 0.15) is 11.4 Å². The highest BCUT2D eigenvalue weighted by Crippen LogP contribution is 2.37. The summed E-state index contributed by atoms with van der Waals surface area (Å²) in [5.41, 5.74) is 6.31. The van der Waals surface area contributed by atoms with Gasteiger partial charge in [-0.3, -0.25) is 0 Å². The summed E-state index contributed by atoms with van der Waals surface area (Å²) in [6, 6.07) is 1.88. The van der Waals surface area contributed by atoms with Gasteiger partial charge in [-0.15, -0.1) is 0 Å². The average molecular weight is 213 g/mol. The number of hydrogen-bond donors (Lipinski definition) is 1. The van der Waals surface area contributed by atoms with Gasteiger partial charge in [-0.05, 0) is 11.3 Å². The number of methoxy groups -OCH3 is 3. The lowest BCUT2D eigenvalue weighted by Gasteiger charge is -2.15. The van der Waals surface area contributed by atoms with Gasteiger partial charge in [-0.2, -0.15) is 0 Å². The molecule has 0 saturated heterocycles. The van der Waals surface area contributed by atoms with E-state index in [9.17, 15) is 0 Å². The summed E-state index contributed by atoms with van der Waals surface area (Å²) >= 11 is 0. The van der Waals surface area contributed by atoms with Crippen molar-refractivity contribution in [1.82, 2.24) is 0 Å². The lowest BCUT2D eigenvalue weighted by molar-refractivity contribution is 0.354. The third-order valence-electron chi connectivity index (χ3n) is 2.05. The van der Waals surface area contributed by atoms with Crippen LogP contribution in [0.5, 0.6) is 17.2 Å². The Morgan fingerprint density at radius 1 is 1.07 bits per heavy atom. The second kappa shape index (κ2) is 4.23. The van der Waals surface area contributed by atoms with Gasteiger partial charge in [0, 0.05) is 10.2 Å². The topological polar surface area (TPSA) is 53.7 Å². The van der Waals surface area contributed by atoms with Crippen LogP contribution >= 0.6 is 0 Å². The maximum absolute atomic E-state index is 5.84. The molecule has 0 atom stereocenters. The molecule has 0 fully saturated rings. The maximum atomic E-state index is 5.84. The second-order valence-corrected chi connectivity index (χ2v) is 3.95. The minimum atomic E-state index is 0.478. The van der Waals surface area contributed by atoms with Crippen molar-refractivity contribution in [2.45, 2.75) is 0 Å². The molecule has 2 N–H and O–H groups in total. The van der Waals surface area contributed by atoms with Crippen molar-refractivity contribution >= 4 is 21.1 Å². The Hall–Kier alpha value is -1.36. The molecule has 1 aromatic rings. The molecule has 5 heteroatoms. The van der Waals surface area contributed by atoms with Gasteiger partial charge in [0.05, 0.1) is 21.3 Å². The molecule has 0 spiro atoms. The van der Waals surface area contributed by atoms with E-state index in [4.69, 9.17) is 19.9 Å². The fourth-order valence-corrected chi connectivity index (χ4v) is 2.07. The molecule has 0 bridgehead atoms. The average Bonchev–Trinajstić information content (AvgIpc) is 2.20. The molecule has 14 heavy (non-hydrogen) atoms. The van der Waals surface area contributed by atoms with Crippen molar-refractivity contribution in [3.05, 3.63) is 6.07 Å². The molecule has 0 amide bonds. The van der Waals surface area contributed by atoms with Crippen LogP contribution in [-0.2, 0) is 0 Å². The maximum Gasteiger partial charge on any atom is 0.187 e. The lowest BCUT2D eigenvalue weighted by atomic mass is 10.2. The molecule has 0 saturated carbocycles. The molecular weight excluding hydrogens is 198 g/mol. The Labute approximate surface area is 86.4 Å². The molecule has 1 rings (SSSR count). The van der Waals surface area contributed by atoms with Crippen LogP contribution < -0.4 is 25.1 Å². The van der Waals surface area contributed by atoms with E-state index in [1.807, 2.05) is 6.07 Å². The molecule has 0 unspecified atom stereocenters. The Morgan fingerprint density at radius 2 is 1.64 bits per heavy atom. The number of rotatable bonds is 3. The third-order valence-corrected chi connectivity index (χ3v) is 2.79.